The lowest BCUT2D eigenvalue weighted by Gasteiger charge is -2.11. The minimum atomic E-state index is -0.444. The van der Waals surface area contributed by atoms with Crippen LogP contribution in [0.4, 0.5) is 5.69 Å². The van der Waals surface area contributed by atoms with Crippen LogP contribution in [0.5, 0.6) is 5.75 Å². The van der Waals surface area contributed by atoms with Crippen LogP contribution in [0.25, 0.3) is 0 Å². The average Bonchev–Trinajstić information content (AvgIpc) is 2.60. The summed E-state index contributed by atoms with van der Waals surface area (Å²) in [5.41, 5.74) is 1.38. The minimum absolute atomic E-state index is 0.295. The van der Waals surface area contributed by atoms with Crippen molar-refractivity contribution in [1.82, 2.24) is 0 Å². The van der Waals surface area contributed by atoms with Crippen LogP contribution in [-0.4, -0.2) is 25.6 Å². The van der Waals surface area contributed by atoms with E-state index >= 15 is 0 Å². The van der Waals surface area contributed by atoms with E-state index < -0.39 is 5.97 Å². The molecule has 2 aromatic carbocycles. The van der Waals surface area contributed by atoms with Gasteiger partial charge in [0, 0.05) is 5.56 Å². The van der Waals surface area contributed by atoms with Gasteiger partial charge in [-0.2, -0.15) is 0 Å². The van der Waals surface area contributed by atoms with E-state index in [1.54, 1.807) is 48.5 Å². The van der Waals surface area contributed by atoms with Crippen molar-refractivity contribution in [2.75, 3.05) is 19.0 Å². The van der Waals surface area contributed by atoms with Gasteiger partial charge in [-0.15, -0.1) is 0 Å². The number of carbonyl (C=O) groups is 2. The fourth-order valence-corrected chi connectivity index (χ4v) is 1.91. The molecule has 0 radical (unpaired) electrons. The maximum absolute atomic E-state index is 12.3. The largest absolute Gasteiger partial charge is 0.487 e. The van der Waals surface area contributed by atoms with E-state index in [2.05, 4.69) is 16.6 Å². The highest BCUT2D eigenvalue weighted by Crippen LogP contribution is 2.24. The van der Waals surface area contributed by atoms with Gasteiger partial charge in [0.1, 0.15) is 12.4 Å². The van der Waals surface area contributed by atoms with Gasteiger partial charge in [0.25, 0.3) is 5.91 Å². The van der Waals surface area contributed by atoms with Crippen LogP contribution in [0, 0.1) is 0 Å². The van der Waals surface area contributed by atoms with Crippen molar-refractivity contribution in [3.63, 3.8) is 0 Å². The molecule has 0 heterocycles. The molecule has 0 saturated heterocycles. The summed E-state index contributed by atoms with van der Waals surface area (Å²) in [7, 11) is 1.31. The van der Waals surface area contributed by atoms with Crippen LogP contribution in [0.15, 0.2) is 61.2 Å². The molecule has 118 valence electrons. The van der Waals surface area contributed by atoms with E-state index in [1.165, 1.54) is 7.11 Å². The number of hydrogen-bond donors (Lipinski definition) is 1. The molecule has 0 fully saturated rings. The molecule has 5 heteroatoms. The molecule has 0 saturated carbocycles. The Kier molecular flexibility index (Phi) is 5.52. The summed E-state index contributed by atoms with van der Waals surface area (Å²) in [6, 6.07) is 13.3. The topological polar surface area (TPSA) is 64.6 Å². The van der Waals surface area contributed by atoms with Crippen LogP contribution >= 0.6 is 0 Å². The maximum atomic E-state index is 12.3. The van der Waals surface area contributed by atoms with E-state index in [0.29, 0.717) is 29.2 Å². The fraction of sp³-hybridized carbons (Fsp3) is 0.111. The lowest BCUT2D eigenvalue weighted by molar-refractivity contribution is 0.0600. The van der Waals surface area contributed by atoms with Crippen LogP contribution in [0.3, 0.4) is 0 Å². The summed E-state index contributed by atoms with van der Waals surface area (Å²) in [4.78, 5) is 23.7. The van der Waals surface area contributed by atoms with Crippen molar-refractivity contribution >= 4 is 17.6 Å². The quantitative estimate of drug-likeness (QED) is 0.657. The summed E-state index contributed by atoms with van der Waals surface area (Å²) in [5, 5.41) is 2.78. The lowest BCUT2D eigenvalue weighted by atomic mass is 10.1. The third-order valence-corrected chi connectivity index (χ3v) is 3.06. The Bertz CT molecular complexity index is 707. The van der Waals surface area contributed by atoms with Crippen molar-refractivity contribution in [3.8, 4) is 5.75 Å². The number of anilines is 1. The molecule has 0 aliphatic heterocycles. The predicted octanol–water partition coefficient (Wildman–Crippen LogP) is 3.29. The molecule has 1 N–H and O–H groups in total. The van der Waals surface area contributed by atoms with Gasteiger partial charge in [-0.25, -0.2) is 4.79 Å². The number of benzene rings is 2. The summed E-state index contributed by atoms with van der Waals surface area (Å²) in [6.07, 6.45) is 1.63. The van der Waals surface area contributed by atoms with Gasteiger partial charge in [-0.1, -0.05) is 24.8 Å². The zero-order valence-electron chi connectivity index (χ0n) is 12.7. The van der Waals surface area contributed by atoms with Gasteiger partial charge in [0.2, 0.25) is 0 Å². The number of nitrogens with one attached hydrogen (secondary N) is 1. The Morgan fingerprint density at radius 1 is 1.09 bits per heavy atom. The number of esters is 1. The van der Waals surface area contributed by atoms with E-state index in [0.717, 1.165) is 0 Å². The molecule has 0 aliphatic rings. The Morgan fingerprint density at radius 2 is 1.74 bits per heavy atom. The first kappa shape index (κ1) is 16.3. The van der Waals surface area contributed by atoms with Gasteiger partial charge in [-0.3, -0.25) is 4.79 Å². The Labute approximate surface area is 134 Å². The molecule has 1 amide bonds. The number of para-hydroxylation sites is 2. The fourth-order valence-electron chi connectivity index (χ4n) is 1.91. The van der Waals surface area contributed by atoms with E-state index in [9.17, 15) is 9.59 Å². The third-order valence-electron chi connectivity index (χ3n) is 3.06. The van der Waals surface area contributed by atoms with Crippen molar-refractivity contribution in [1.29, 1.82) is 0 Å². The summed E-state index contributed by atoms with van der Waals surface area (Å²) < 4.78 is 10.1. The standard InChI is InChI=1S/C18H17NO4/c1-3-12-23-16-7-5-4-6-15(16)19-17(20)13-8-10-14(11-9-13)18(21)22-2/h3-11H,1,12H2,2H3,(H,19,20). The first-order valence-electron chi connectivity index (χ1n) is 6.98. The number of amides is 1. The highest BCUT2D eigenvalue weighted by atomic mass is 16.5. The van der Waals surface area contributed by atoms with Gasteiger partial charge >= 0.3 is 5.97 Å². The second-order valence-corrected chi connectivity index (χ2v) is 4.62. The van der Waals surface area contributed by atoms with Crippen LogP contribution in [-0.2, 0) is 4.74 Å². The molecule has 5 nitrogen and oxygen atoms in total. The van der Waals surface area contributed by atoms with E-state index in [-0.39, 0.29) is 5.91 Å². The molecule has 0 aromatic heterocycles. The summed E-state index contributed by atoms with van der Waals surface area (Å²) >= 11 is 0. The maximum Gasteiger partial charge on any atom is 0.337 e. The molecule has 2 rings (SSSR count). The highest BCUT2D eigenvalue weighted by molar-refractivity contribution is 6.05. The van der Waals surface area contributed by atoms with Crippen LogP contribution in [0.1, 0.15) is 20.7 Å². The number of methoxy groups -OCH3 is 1. The number of carbonyl (C=O) groups excluding carboxylic acids is 2. The molecule has 0 spiro atoms. The molecule has 0 unspecified atom stereocenters. The van der Waals surface area contributed by atoms with Crippen molar-refractivity contribution in [2.24, 2.45) is 0 Å². The second-order valence-electron chi connectivity index (χ2n) is 4.62. The van der Waals surface area contributed by atoms with Crippen LogP contribution < -0.4 is 10.1 Å². The Morgan fingerprint density at radius 3 is 2.39 bits per heavy atom. The monoisotopic (exact) mass is 311 g/mol. The van der Waals surface area contributed by atoms with Gasteiger partial charge in [0.15, 0.2) is 0 Å². The molecule has 2 aromatic rings. The van der Waals surface area contributed by atoms with Crippen LogP contribution in [0.2, 0.25) is 0 Å². The zero-order chi connectivity index (χ0) is 16.7. The average molecular weight is 311 g/mol. The van der Waals surface area contributed by atoms with Gasteiger partial charge in [-0.05, 0) is 36.4 Å². The van der Waals surface area contributed by atoms with E-state index in [1.807, 2.05) is 6.07 Å². The second kappa shape index (κ2) is 7.79. The molecule has 0 bridgehead atoms. The number of ether oxygens (including phenoxy) is 2. The highest BCUT2D eigenvalue weighted by Gasteiger charge is 2.11. The summed E-state index contributed by atoms with van der Waals surface area (Å²) in [5.74, 6) is -0.178. The summed E-state index contributed by atoms with van der Waals surface area (Å²) in [6.45, 7) is 3.94. The number of hydrogen-bond acceptors (Lipinski definition) is 4. The Balaban J connectivity index is 2.13. The lowest BCUT2D eigenvalue weighted by Crippen LogP contribution is -2.13. The first-order valence-corrected chi connectivity index (χ1v) is 6.98. The molecular weight excluding hydrogens is 294 g/mol. The van der Waals surface area contributed by atoms with Crippen molar-refractivity contribution in [3.05, 3.63) is 72.3 Å². The van der Waals surface area contributed by atoms with Crippen molar-refractivity contribution in [2.45, 2.75) is 0 Å². The smallest absolute Gasteiger partial charge is 0.337 e. The van der Waals surface area contributed by atoms with E-state index in [4.69, 9.17) is 4.74 Å². The molecular formula is C18H17NO4. The zero-order valence-corrected chi connectivity index (χ0v) is 12.7. The van der Waals surface area contributed by atoms with Gasteiger partial charge < -0.3 is 14.8 Å². The molecule has 23 heavy (non-hydrogen) atoms. The van der Waals surface area contributed by atoms with Gasteiger partial charge in [0.05, 0.1) is 18.4 Å². The Hall–Kier alpha value is -3.08. The molecule has 0 atom stereocenters. The minimum Gasteiger partial charge on any atom is -0.487 e. The third kappa shape index (κ3) is 4.20. The first-order chi connectivity index (χ1) is 11.2. The SMILES string of the molecule is C=CCOc1ccccc1NC(=O)c1ccc(C(=O)OC)cc1. The van der Waals surface area contributed by atoms with Crippen molar-refractivity contribution < 1.29 is 19.1 Å². The predicted molar refractivity (Wildman–Crippen MR) is 87.9 cm³/mol. The molecule has 0 aliphatic carbocycles. The normalized spacial score (nSPS) is 9.78. The number of rotatable bonds is 6.